The minimum absolute atomic E-state index is 0.000574. The van der Waals surface area contributed by atoms with Gasteiger partial charge in [-0.05, 0) is 39.2 Å². The summed E-state index contributed by atoms with van der Waals surface area (Å²) >= 11 is 0. The molecule has 0 amide bonds. The predicted octanol–water partition coefficient (Wildman–Crippen LogP) is 1.76. The van der Waals surface area contributed by atoms with Crippen LogP contribution in [0.4, 0.5) is 5.82 Å². The van der Waals surface area contributed by atoms with E-state index in [9.17, 15) is 9.90 Å². The molecular formula is C11H15N3O2. The number of hydrogen-bond donors (Lipinski definition) is 2. The molecule has 0 aliphatic heterocycles. The Morgan fingerprint density at radius 1 is 1.38 bits per heavy atom. The lowest BCUT2D eigenvalue weighted by Gasteiger charge is -2.15. The van der Waals surface area contributed by atoms with Crippen molar-refractivity contribution in [3.8, 4) is 0 Å². The van der Waals surface area contributed by atoms with Gasteiger partial charge in [0.15, 0.2) is 5.82 Å². The van der Waals surface area contributed by atoms with Crippen molar-refractivity contribution in [1.82, 2.24) is 10.2 Å². The lowest BCUT2D eigenvalue weighted by atomic mass is 10.1. The van der Waals surface area contributed by atoms with Crippen LogP contribution in [0.15, 0.2) is 0 Å². The lowest BCUT2D eigenvalue weighted by molar-refractivity contribution is 0.0696. The highest BCUT2D eigenvalue weighted by Gasteiger charge is 2.38. The van der Waals surface area contributed by atoms with Gasteiger partial charge in [0.05, 0.1) is 5.69 Å². The predicted molar refractivity (Wildman–Crippen MR) is 59.7 cm³/mol. The summed E-state index contributed by atoms with van der Waals surface area (Å²) in [5.74, 6) is -0.571. The topological polar surface area (TPSA) is 75.1 Å². The van der Waals surface area contributed by atoms with Gasteiger partial charge in [-0.1, -0.05) is 0 Å². The molecule has 1 aromatic heterocycles. The number of carboxylic acids is 1. The van der Waals surface area contributed by atoms with Crippen LogP contribution >= 0.6 is 0 Å². The number of aryl methyl sites for hydroxylation is 1. The molecule has 5 heteroatoms. The molecule has 0 bridgehead atoms. The van der Waals surface area contributed by atoms with Crippen LogP contribution in [0.3, 0.4) is 0 Å². The molecule has 0 radical (unpaired) electrons. The van der Waals surface area contributed by atoms with Crippen LogP contribution in [0, 0.1) is 13.8 Å². The van der Waals surface area contributed by atoms with Crippen molar-refractivity contribution in [1.29, 1.82) is 0 Å². The number of hydrogen-bond acceptors (Lipinski definition) is 4. The molecule has 1 heterocycles. The van der Waals surface area contributed by atoms with Crippen LogP contribution in [0.1, 0.15) is 41.4 Å². The molecule has 1 aliphatic carbocycles. The Balaban J connectivity index is 2.43. The van der Waals surface area contributed by atoms with Gasteiger partial charge in [-0.2, -0.15) is 5.10 Å². The first kappa shape index (κ1) is 10.9. The summed E-state index contributed by atoms with van der Waals surface area (Å²) in [5, 5.41) is 20.2. The minimum Gasteiger partial charge on any atom is -0.478 e. The number of aromatic carboxylic acids is 1. The van der Waals surface area contributed by atoms with Gasteiger partial charge in [0, 0.05) is 5.54 Å². The van der Waals surface area contributed by atoms with Crippen LogP contribution in [-0.4, -0.2) is 26.8 Å². The van der Waals surface area contributed by atoms with E-state index >= 15 is 0 Å². The summed E-state index contributed by atoms with van der Waals surface area (Å²) in [5.41, 5.74) is 1.57. The third-order valence-electron chi connectivity index (χ3n) is 3.09. The molecule has 2 N–H and O–H groups in total. The Kier molecular flexibility index (Phi) is 2.33. The molecule has 1 aromatic rings. The maximum Gasteiger partial charge on any atom is 0.339 e. The van der Waals surface area contributed by atoms with E-state index in [0.29, 0.717) is 17.1 Å². The van der Waals surface area contributed by atoms with E-state index in [4.69, 9.17) is 0 Å². The fraction of sp³-hybridized carbons (Fsp3) is 0.545. The highest BCUT2D eigenvalue weighted by Crippen LogP contribution is 2.38. The Labute approximate surface area is 93.9 Å². The van der Waals surface area contributed by atoms with Crippen LogP contribution in [0.5, 0.6) is 0 Å². The Bertz CT molecular complexity index is 453. The molecule has 0 unspecified atom stereocenters. The zero-order valence-corrected chi connectivity index (χ0v) is 9.66. The smallest absolute Gasteiger partial charge is 0.339 e. The second-order valence-corrected chi connectivity index (χ2v) is 4.62. The van der Waals surface area contributed by atoms with Crippen LogP contribution in [-0.2, 0) is 0 Å². The number of rotatable bonds is 3. The number of anilines is 1. The Morgan fingerprint density at radius 3 is 2.50 bits per heavy atom. The number of carbonyl (C=O) groups is 1. The molecule has 0 atom stereocenters. The average molecular weight is 221 g/mol. The van der Waals surface area contributed by atoms with Crippen molar-refractivity contribution in [2.75, 3.05) is 5.32 Å². The van der Waals surface area contributed by atoms with Crippen molar-refractivity contribution in [2.45, 2.75) is 39.2 Å². The van der Waals surface area contributed by atoms with Gasteiger partial charge in [0.1, 0.15) is 5.56 Å². The lowest BCUT2D eigenvalue weighted by Crippen LogP contribution is -2.21. The van der Waals surface area contributed by atoms with E-state index in [0.717, 1.165) is 12.8 Å². The summed E-state index contributed by atoms with van der Waals surface area (Å²) in [6.07, 6.45) is 2.08. The standard InChI is InChI=1S/C11H15N3O2/c1-6-7(2)13-14-9(8(6)10(15)16)12-11(3)4-5-11/h4-5H2,1-3H3,(H,12,14)(H,15,16). The zero-order chi connectivity index (χ0) is 11.9. The van der Waals surface area contributed by atoms with Gasteiger partial charge in [0.2, 0.25) is 0 Å². The van der Waals surface area contributed by atoms with E-state index in [1.807, 2.05) is 0 Å². The van der Waals surface area contributed by atoms with E-state index in [-0.39, 0.29) is 11.1 Å². The zero-order valence-electron chi connectivity index (χ0n) is 9.66. The molecule has 5 nitrogen and oxygen atoms in total. The van der Waals surface area contributed by atoms with Gasteiger partial charge >= 0.3 is 5.97 Å². The fourth-order valence-corrected chi connectivity index (χ4v) is 1.56. The van der Waals surface area contributed by atoms with Gasteiger partial charge in [-0.3, -0.25) is 0 Å². The Hall–Kier alpha value is -1.65. The molecule has 0 saturated heterocycles. The van der Waals surface area contributed by atoms with Crippen molar-refractivity contribution < 1.29 is 9.90 Å². The maximum atomic E-state index is 11.2. The van der Waals surface area contributed by atoms with Crippen LogP contribution in [0.25, 0.3) is 0 Å². The molecule has 0 aromatic carbocycles. The SMILES string of the molecule is Cc1nnc(NC2(C)CC2)c(C(=O)O)c1C. The minimum atomic E-state index is -0.956. The molecule has 1 aliphatic rings. The molecule has 0 spiro atoms. The molecule has 2 rings (SSSR count). The first-order valence-corrected chi connectivity index (χ1v) is 5.28. The van der Waals surface area contributed by atoms with Crippen molar-refractivity contribution >= 4 is 11.8 Å². The quantitative estimate of drug-likeness (QED) is 0.813. The maximum absolute atomic E-state index is 11.2. The second-order valence-electron chi connectivity index (χ2n) is 4.62. The summed E-state index contributed by atoms with van der Waals surface area (Å²) in [7, 11) is 0. The summed E-state index contributed by atoms with van der Waals surface area (Å²) in [4.78, 5) is 11.2. The molecular weight excluding hydrogens is 206 g/mol. The highest BCUT2D eigenvalue weighted by atomic mass is 16.4. The normalized spacial score (nSPS) is 16.9. The van der Waals surface area contributed by atoms with Crippen molar-refractivity contribution in [2.24, 2.45) is 0 Å². The molecule has 86 valence electrons. The second kappa shape index (κ2) is 3.43. The first-order valence-electron chi connectivity index (χ1n) is 5.28. The van der Waals surface area contributed by atoms with E-state index in [1.54, 1.807) is 13.8 Å². The van der Waals surface area contributed by atoms with Gasteiger partial charge in [0.25, 0.3) is 0 Å². The average Bonchev–Trinajstić information content (AvgIpc) is 2.90. The van der Waals surface area contributed by atoms with E-state index < -0.39 is 5.97 Å². The Morgan fingerprint density at radius 2 is 2.00 bits per heavy atom. The van der Waals surface area contributed by atoms with Crippen LogP contribution < -0.4 is 5.32 Å². The molecule has 1 saturated carbocycles. The summed E-state index contributed by atoms with van der Waals surface area (Å²) in [6.45, 7) is 5.57. The number of carboxylic acid groups (broad SMARTS) is 1. The van der Waals surface area contributed by atoms with Crippen molar-refractivity contribution in [3.63, 3.8) is 0 Å². The summed E-state index contributed by atoms with van der Waals surface area (Å²) < 4.78 is 0. The van der Waals surface area contributed by atoms with Crippen molar-refractivity contribution in [3.05, 3.63) is 16.8 Å². The number of aromatic nitrogens is 2. The van der Waals surface area contributed by atoms with Gasteiger partial charge < -0.3 is 10.4 Å². The van der Waals surface area contributed by atoms with Gasteiger partial charge in [-0.15, -0.1) is 5.10 Å². The van der Waals surface area contributed by atoms with E-state index in [1.165, 1.54) is 0 Å². The third-order valence-corrected chi connectivity index (χ3v) is 3.09. The van der Waals surface area contributed by atoms with Crippen LogP contribution in [0.2, 0.25) is 0 Å². The van der Waals surface area contributed by atoms with Gasteiger partial charge in [-0.25, -0.2) is 4.79 Å². The number of nitrogens with zero attached hydrogens (tertiary/aromatic N) is 2. The number of nitrogens with one attached hydrogen (secondary N) is 1. The highest BCUT2D eigenvalue weighted by molar-refractivity contribution is 5.95. The monoisotopic (exact) mass is 221 g/mol. The van der Waals surface area contributed by atoms with E-state index in [2.05, 4.69) is 22.4 Å². The molecule has 1 fully saturated rings. The summed E-state index contributed by atoms with van der Waals surface area (Å²) in [6, 6.07) is 0. The fourth-order valence-electron chi connectivity index (χ4n) is 1.56. The first-order chi connectivity index (χ1) is 7.43. The third kappa shape index (κ3) is 1.85. The molecule has 16 heavy (non-hydrogen) atoms. The largest absolute Gasteiger partial charge is 0.478 e.